The molecule has 0 unspecified atom stereocenters. The maximum absolute atomic E-state index is 13.4. The fourth-order valence-electron chi connectivity index (χ4n) is 3.49. The standard InChI is InChI=1S/C19H21FN4O3S/c1-23-12-18(22-13-23)28(25,26)24-8-3-2-7-17(24)19-21-11-16(27-19)10-14-5-4-6-15(20)9-14/h4-6,9,11-13,17H,2-3,7-8,10H2,1H3/t17-/m0/s1. The summed E-state index contributed by atoms with van der Waals surface area (Å²) in [7, 11) is -2.01. The van der Waals surface area contributed by atoms with Crippen LogP contribution < -0.4 is 0 Å². The summed E-state index contributed by atoms with van der Waals surface area (Å²) in [6, 6.07) is 5.81. The van der Waals surface area contributed by atoms with Crippen LogP contribution in [-0.4, -0.2) is 33.8 Å². The molecule has 1 aliphatic rings. The lowest BCUT2D eigenvalue weighted by Gasteiger charge is -2.31. The van der Waals surface area contributed by atoms with E-state index in [-0.39, 0.29) is 10.8 Å². The van der Waals surface area contributed by atoms with E-state index in [4.69, 9.17) is 4.42 Å². The van der Waals surface area contributed by atoms with E-state index in [0.29, 0.717) is 31.0 Å². The Morgan fingerprint density at radius 3 is 2.89 bits per heavy atom. The van der Waals surface area contributed by atoms with Crippen LogP contribution in [-0.2, 0) is 23.5 Å². The summed E-state index contributed by atoms with van der Waals surface area (Å²) in [5, 5.41) is 0.0217. The van der Waals surface area contributed by atoms with Gasteiger partial charge in [0.25, 0.3) is 10.0 Å². The highest BCUT2D eigenvalue weighted by Crippen LogP contribution is 2.35. The van der Waals surface area contributed by atoms with Crippen molar-refractivity contribution in [3.8, 4) is 0 Å². The lowest BCUT2D eigenvalue weighted by molar-refractivity contribution is 0.216. The van der Waals surface area contributed by atoms with E-state index in [0.717, 1.165) is 18.4 Å². The Bertz CT molecular complexity index is 1080. The van der Waals surface area contributed by atoms with E-state index in [1.165, 1.54) is 29.0 Å². The van der Waals surface area contributed by atoms with Crippen molar-refractivity contribution < 1.29 is 17.2 Å². The second-order valence-corrected chi connectivity index (χ2v) is 8.81. The zero-order valence-corrected chi connectivity index (χ0v) is 16.3. The van der Waals surface area contributed by atoms with Crippen molar-refractivity contribution in [3.05, 3.63) is 66.0 Å². The number of rotatable bonds is 5. The molecule has 0 saturated carbocycles. The molecule has 1 aromatic carbocycles. The number of halogens is 1. The highest BCUT2D eigenvalue weighted by atomic mass is 32.2. The van der Waals surface area contributed by atoms with Crippen molar-refractivity contribution in [1.29, 1.82) is 0 Å². The van der Waals surface area contributed by atoms with E-state index in [1.54, 1.807) is 23.9 Å². The minimum Gasteiger partial charge on any atom is -0.444 e. The molecule has 4 rings (SSSR count). The number of hydrogen-bond donors (Lipinski definition) is 0. The van der Waals surface area contributed by atoms with Crippen molar-refractivity contribution in [1.82, 2.24) is 18.8 Å². The van der Waals surface area contributed by atoms with Crippen LogP contribution in [0.25, 0.3) is 0 Å². The predicted molar refractivity (Wildman–Crippen MR) is 99.4 cm³/mol. The number of aryl methyl sites for hydroxylation is 1. The van der Waals surface area contributed by atoms with Crippen LogP contribution in [0.15, 0.2) is 52.4 Å². The molecule has 1 aliphatic heterocycles. The normalized spacial score (nSPS) is 18.4. The topological polar surface area (TPSA) is 81.2 Å². The van der Waals surface area contributed by atoms with Gasteiger partial charge >= 0.3 is 0 Å². The van der Waals surface area contributed by atoms with Crippen LogP contribution in [0.4, 0.5) is 4.39 Å². The number of oxazole rings is 1. The first-order valence-corrected chi connectivity index (χ1v) is 10.6. The Morgan fingerprint density at radius 2 is 2.14 bits per heavy atom. The summed E-state index contributed by atoms with van der Waals surface area (Å²) in [5.41, 5.74) is 0.768. The Balaban J connectivity index is 1.59. The van der Waals surface area contributed by atoms with E-state index < -0.39 is 16.1 Å². The number of benzene rings is 1. The van der Waals surface area contributed by atoms with Gasteiger partial charge in [-0.3, -0.25) is 0 Å². The predicted octanol–water partition coefficient (Wildman–Crippen LogP) is 3.05. The summed E-state index contributed by atoms with van der Waals surface area (Å²) in [6.45, 7) is 0.394. The van der Waals surface area contributed by atoms with Gasteiger partial charge in [-0.05, 0) is 30.5 Å². The molecular formula is C19H21FN4O3S. The molecule has 0 N–H and O–H groups in total. The molecular weight excluding hydrogens is 383 g/mol. The molecule has 0 radical (unpaired) electrons. The first-order valence-electron chi connectivity index (χ1n) is 9.12. The van der Waals surface area contributed by atoms with Gasteiger partial charge in [-0.2, -0.15) is 4.31 Å². The second kappa shape index (κ2) is 7.48. The zero-order chi connectivity index (χ0) is 19.7. The third kappa shape index (κ3) is 3.72. The van der Waals surface area contributed by atoms with Gasteiger partial charge in [0.05, 0.1) is 12.5 Å². The number of nitrogens with zero attached hydrogens (tertiary/aromatic N) is 4. The molecule has 0 amide bonds. The lowest BCUT2D eigenvalue weighted by Crippen LogP contribution is -2.38. The molecule has 3 aromatic rings. The average Bonchev–Trinajstić information content (AvgIpc) is 3.31. The van der Waals surface area contributed by atoms with Gasteiger partial charge in [0.1, 0.15) is 17.6 Å². The summed E-state index contributed by atoms with van der Waals surface area (Å²) >= 11 is 0. The van der Waals surface area contributed by atoms with Gasteiger partial charge in [-0.1, -0.05) is 18.6 Å². The van der Waals surface area contributed by atoms with Crippen molar-refractivity contribution in [2.75, 3.05) is 6.54 Å². The van der Waals surface area contributed by atoms with Gasteiger partial charge in [0.15, 0.2) is 5.03 Å². The molecule has 0 aliphatic carbocycles. The molecule has 0 spiro atoms. The maximum atomic E-state index is 13.4. The van der Waals surface area contributed by atoms with Crippen LogP contribution in [0.5, 0.6) is 0 Å². The Labute approximate surface area is 162 Å². The number of hydrogen-bond acceptors (Lipinski definition) is 5. The van der Waals surface area contributed by atoms with Gasteiger partial charge in [-0.15, -0.1) is 0 Å². The molecule has 1 fully saturated rings. The van der Waals surface area contributed by atoms with E-state index in [1.807, 2.05) is 6.07 Å². The third-order valence-corrected chi connectivity index (χ3v) is 6.63. The van der Waals surface area contributed by atoms with Crippen molar-refractivity contribution in [3.63, 3.8) is 0 Å². The summed E-state index contributed by atoms with van der Waals surface area (Å²) in [5.74, 6) is 0.629. The van der Waals surface area contributed by atoms with Crippen LogP contribution in [0.1, 0.15) is 42.5 Å². The SMILES string of the molecule is Cn1cnc(S(=O)(=O)N2CCCC[C@H]2c2ncc(Cc3cccc(F)c3)o2)c1. The second-order valence-electron chi connectivity index (χ2n) is 6.98. The highest BCUT2D eigenvalue weighted by molar-refractivity contribution is 7.89. The Kier molecular flexibility index (Phi) is 5.03. The van der Waals surface area contributed by atoms with Crippen molar-refractivity contribution in [2.45, 2.75) is 36.8 Å². The molecule has 28 heavy (non-hydrogen) atoms. The summed E-state index contributed by atoms with van der Waals surface area (Å²) in [6.07, 6.45) is 7.23. The van der Waals surface area contributed by atoms with E-state index >= 15 is 0 Å². The van der Waals surface area contributed by atoms with E-state index in [9.17, 15) is 12.8 Å². The van der Waals surface area contributed by atoms with Gasteiger partial charge in [0.2, 0.25) is 5.89 Å². The van der Waals surface area contributed by atoms with Gasteiger partial charge in [0, 0.05) is 26.2 Å². The molecule has 9 heteroatoms. The van der Waals surface area contributed by atoms with Crippen LogP contribution >= 0.6 is 0 Å². The molecule has 1 saturated heterocycles. The molecule has 7 nitrogen and oxygen atoms in total. The third-order valence-electron chi connectivity index (χ3n) is 4.83. The van der Waals surface area contributed by atoms with Crippen molar-refractivity contribution >= 4 is 10.0 Å². The fourth-order valence-corrected chi connectivity index (χ4v) is 5.11. The molecule has 2 aromatic heterocycles. The molecule has 148 valence electrons. The van der Waals surface area contributed by atoms with Gasteiger partial charge in [-0.25, -0.2) is 22.8 Å². The highest BCUT2D eigenvalue weighted by Gasteiger charge is 2.38. The molecule has 0 bridgehead atoms. The summed E-state index contributed by atoms with van der Waals surface area (Å²) < 4.78 is 48.4. The quantitative estimate of drug-likeness (QED) is 0.653. The zero-order valence-electron chi connectivity index (χ0n) is 15.5. The van der Waals surface area contributed by atoms with Crippen LogP contribution in [0.3, 0.4) is 0 Å². The molecule has 3 heterocycles. The Hall–Kier alpha value is -2.52. The number of imidazole rings is 1. The van der Waals surface area contributed by atoms with E-state index in [2.05, 4.69) is 9.97 Å². The number of aromatic nitrogens is 3. The fraction of sp³-hybridized carbons (Fsp3) is 0.368. The first-order chi connectivity index (χ1) is 13.4. The minimum absolute atomic E-state index is 0.0217. The number of piperidine rings is 1. The van der Waals surface area contributed by atoms with Gasteiger partial charge < -0.3 is 8.98 Å². The maximum Gasteiger partial charge on any atom is 0.262 e. The molecule has 1 atom stereocenters. The number of sulfonamides is 1. The van der Waals surface area contributed by atoms with Crippen LogP contribution in [0, 0.1) is 5.82 Å². The monoisotopic (exact) mass is 404 g/mol. The summed E-state index contributed by atoms with van der Waals surface area (Å²) in [4.78, 5) is 8.34. The van der Waals surface area contributed by atoms with Crippen molar-refractivity contribution in [2.24, 2.45) is 7.05 Å². The smallest absolute Gasteiger partial charge is 0.262 e. The lowest BCUT2D eigenvalue weighted by atomic mass is 10.1. The van der Waals surface area contributed by atoms with Crippen LogP contribution in [0.2, 0.25) is 0 Å². The first kappa shape index (κ1) is 18.8. The average molecular weight is 404 g/mol. The minimum atomic E-state index is -3.74. The Morgan fingerprint density at radius 1 is 1.29 bits per heavy atom. The largest absolute Gasteiger partial charge is 0.444 e.